The van der Waals surface area contributed by atoms with Crippen molar-refractivity contribution < 1.29 is 14.3 Å². The Kier molecular flexibility index (Phi) is 6.64. The topological polar surface area (TPSA) is 46.6 Å². The molecule has 0 unspecified atom stereocenters. The lowest BCUT2D eigenvalue weighted by Crippen LogP contribution is -2.32. The van der Waals surface area contributed by atoms with E-state index in [1.54, 1.807) is 41.3 Å². The van der Waals surface area contributed by atoms with Gasteiger partial charge in [-0.05, 0) is 35.9 Å². The van der Waals surface area contributed by atoms with Crippen molar-refractivity contribution in [3.05, 3.63) is 69.7 Å². The summed E-state index contributed by atoms with van der Waals surface area (Å²) in [4.78, 5) is 25.8. The number of methoxy groups -OCH3 is 1. The summed E-state index contributed by atoms with van der Waals surface area (Å²) in [6.45, 7) is 0.611. The molecule has 6 heteroatoms. The summed E-state index contributed by atoms with van der Waals surface area (Å²) in [5, 5.41) is 1.11. The van der Waals surface area contributed by atoms with Gasteiger partial charge in [-0.2, -0.15) is 0 Å². The third kappa shape index (κ3) is 5.25. The van der Waals surface area contributed by atoms with Crippen LogP contribution in [0.2, 0.25) is 10.0 Å². The molecular formula is C18H17Cl2NO3. The number of rotatable bonds is 6. The summed E-state index contributed by atoms with van der Waals surface area (Å²) < 4.78 is 4.66. The molecule has 126 valence electrons. The zero-order valence-corrected chi connectivity index (χ0v) is 14.7. The molecule has 2 aromatic carbocycles. The molecule has 0 bridgehead atoms. The van der Waals surface area contributed by atoms with Gasteiger partial charge in [-0.25, -0.2) is 0 Å². The van der Waals surface area contributed by atoms with Gasteiger partial charge in [0.1, 0.15) is 0 Å². The van der Waals surface area contributed by atoms with E-state index in [0.717, 1.165) is 5.56 Å². The first-order valence-corrected chi connectivity index (χ1v) is 8.11. The van der Waals surface area contributed by atoms with E-state index in [0.29, 0.717) is 22.2 Å². The standard InChI is InChI=1S/C18H17Cl2NO3/c1-24-17(22)9-10-21(12-13-5-7-15(19)8-6-13)18(23)14-3-2-4-16(20)11-14/h2-8,11H,9-10,12H2,1H3. The number of carbonyl (C=O) groups is 2. The predicted molar refractivity (Wildman–Crippen MR) is 94.3 cm³/mol. The predicted octanol–water partition coefficient (Wildman–Crippen LogP) is 4.20. The third-order valence-electron chi connectivity index (χ3n) is 3.46. The molecule has 2 rings (SSSR count). The number of hydrogen-bond donors (Lipinski definition) is 0. The molecule has 0 spiro atoms. The van der Waals surface area contributed by atoms with Crippen LogP contribution in [0.1, 0.15) is 22.3 Å². The molecule has 0 aromatic heterocycles. The molecule has 2 aromatic rings. The van der Waals surface area contributed by atoms with E-state index < -0.39 is 0 Å². The van der Waals surface area contributed by atoms with Gasteiger partial charge in [0.05, 0.1) is 13.5 Å². The fourth-order valence-corrected chi connectivity index (χ4v) is 2.51. The molecule has 0 atom stereocenters. The molecule has 24 heavy (non-hydrogen) atoms. The lowest BCUT2D eigenvalue weighted by molar-refractivity contribution is -0.140. The second kappa shape index (κ2) is 8.71. The number of benzene rings is 2. The summed E-state index contributed by atoms with van der Waals surface area (Å²) in [6.07, 6.45) is 0.121. The third-order valence-corrected chi connectivity index (χ3v) is 3.95. The Bertz CT molecular complexity index is 716. The molecule has 0 saturated carbocycles. The molecule has 0 aliphatic heterocycles. The lowest BCUT2D eigenvalue weighted by atomic mass is 10.1. The zero-order chi connectivity index (χ0) is 17.5. The average Bonchev–Trinajstić information content (AvgIpc) is 2.59. The normalized spacial score (nSPS) is 10.3. The number of nitrogens with zero attached hydrogens (tertiary/aromatic N) is 1. The van der Waals surface area contributed by atoms with Crippen molar-refractivity contribution >= 4 is 35.1 Å². The fourth-order valence-electron chi connectivity index (χ4n) is 2.20. The van der Waals surface area contributed by atoms with Gasteiger partial charge >= 0.3 is 5.97 Å². The molecule has 0 aliphatic carbocycles. The van der Waals surface area contributed by atoms with Gasteiger partial charge in [-0.3, -0.25) is 9.59 Å². The Labute approximate surface area is 150 Å². The zero-order valence-electron chi connectivity index (χ0n) is 13.2. The summed E-state index contributed by atoms with van der Waals surface area (Å²) in [5.74, 6) is -0.564. The SMILES string of the molecule is COC(=O)CCN(Cc1ccc(Cl)cc1)C(=O)c1cccc(Cl)c1. The van der Waals surface area contributed by atoms with Crippen LogP contribution in [-0.2, 0) is 16.1 Å². The lowest BCUT2D eigenvalue weighted by Gasteiger charge is -2.22. The summed E-state index contributed by atoms with van der Waals surface area (Å²) >= 11 is 11.9. The van der Waals surface area contributed by atoms with Crippen LogP contribution in [0.25, 0.3) is 0 Å². The second-order valence-electron chi connectivity index (χ2n) is 5.19. The van der Waals surface area contributed by atoms with Crippen molar-refractivity contribution in [2.75, 3.05) is 13.7 Å². The van der Waals surface area contributed by atoms with Gasteiger partial charge in [0, 0.05) is 28.7 Å². The van der Waals surface area contributed by atoms with Gasteiger partial charge in [-0.15, -0.1) is 0 Å². The number of halogens is 2. The Morgan fingerprint density at radius 1 is 1.04 bits per heavy atom. The van der Waals surface area contributed by atoms with Crippen molar-refractivity contribution in [2.24, 2.45) is 0 Å². The molecule has 4 nitrogen and oxygen atoms in total. The Balaban J connectivity index is 2.19. The molecule has 0 saturated heterocycles. The molecule has 0 N–H and O–H groups in total. The van der Waals surface area contributed by atoms with E-state index in [4.69, 9.17) is 23.2 Å². The highest BCUT2D eigenvalue weighted by Crippen LogP contribution is 2.16. The van der Waals surface area contributed by atoms with Gasteiger partial charge in [-0.1, -0.05) is 41.4 Å². The van der Waals surface area contributed by atoms with Crippen LogP contribution in [-0.4, -0.2) is 30.4 Å². The molecular weight excluding hydrogens is 349 g/mol. The maximum atomic E-state index is 12.8. The summed E-state index contributed by atoms with van der Waals surface area (Å²) in [5.41, 5.74) is 1.39. The van der Waals surface area contributed by atoms with Crippen LogP contribution >= 0.6 is 23.2 Å². The van der Waals surface area contributed by atoms with E-state index in [2.05, 4.69) is 4.74 Å². The van der Waals surface area contributed by atoms with Gasteiger partial charge in [0.15, 0.2) is 0 Å². The Morgan fingerprint density at radius 2 is 1.75 bits per heavy atom. The van der Waals surface area contributed by atoms with Crippen LogP contribution in [0.5, 0.6) is 0 Å². The van der Waals surface area contributed by atoms with Crippen LogP contribution in [0.3, 0.4) is 0 Å². The summed E-state index contributed by atoms with van der Waals surface area (Å²) in [7, 11) is 1.32. The quantitative estimate of drug-likeness (QED) is 0.720. The monoisotopic (exact) mass is 365 g/mol. The minimum atomic E-state index is -0.366. The van der Waals surface area contributed by atoms with E-state index in [1.165, 1.54) is 7.11 Å². The smallest absolute Gasteiger partial charge is 0.307 e. The minimum Gasteiger partial charge on any atom is -0.469 e. The van der Waals surface area contributed by atoms with Crippen molar-refractivity contribution in [1.82, 2.24) is 4.90 Å². The van der Waals surface area contributed by atoms with E-state index in [-0.39, 0.29) is 24.8 Å². The van der Waals surface area contributed by atoms with E-state index >= 15 is 0 Å². The largest absolute Gasteiger partial charge is 0.469 e. The van der Waals surface area contributed by atoms with Crippen molar-refractivity contribution in [1.29, 1.82) is 0 Å². The highest BCUT2D eigenvalue weighted by atomic mass is 35.5. The van der Waals surface area contributed by atoms with Crippen molar-refractivity contribution in [3.8, 4) is 0 Å². The Hall–Kier alpha value is -2.04. The average molecular weight is 366 g/mol. The van der Waals surface area contributed by atoms with Crippen molar-refractivity contribution in [2.45, 2.75) is 13.0 Å². The first-order chi connectivity index (χ1) is 11.5. The molecule has 0 aliphatic rings. The van der Waals surface area contributed by atoms with E-state index in [9.17, 15) is 9.59 Å². The minimum absolute atomic E-state index is 0.121. The molecule has 0 fully saturated rings. The van der Waals surface area contributed by atoms with Crippen LogP contribution in [0, 0.1) is 0 Å². The second-order valence-corrected chi connectivity index (χ2v) is 6.06. The number of amides is 1. The highest BCUT2D eigenvalue weighted by Gasteiger charge is 2.18. The number of carbonyl (C=O) groups excluding carboxylic acids is 2. The molecule has 0 radical (unpaired) electrons. The van der Waals surface area contributed by atoms with Gasteiger partial charge in [0.25, 0.3) is 5.91 Å². The first kappa shape index (κ1) is 18.3. The van der Waals surface area contributed by atoms with Crippen LogP contribution < -0.4 is 0 Å². The van der Waals surface area contributed by atoms with Gasteiger partial charge < -0.3 is 9.64 Å². The number of esters is 1. The molecule has 0 heterocycles. The number of hydrogen-bond acceptors (Lipinski definition) is 3. The maximum absolute atomic E-state index is 12.8. The highest BCUT2D eigenvalue weighted by molar-refractivity contribution is 6.31. The van der Waals surface area contributed by atoms with Crippen LogP contribution in [0.4, 0.5) is 0 Å². The van der Waals surface area contributed by atoms with Crippen LogP contribution in [0.15, 0.2) is 48.5 Å². The fraction of sp³-hybridized carbons (Fsp3) is 0.222. The first-order valence-electron chi connectivity index (χ1n) is 7.35. The van der Waals surface area contributed by atoms with Gasteiger partial charge in [0.2, 0.25) is 0 Å². The van der Waals surface area contributed by atoms with Crippen molar-refractivity contribution in [3.63, 3.8) is 0 Å². The maximum Gasteiger partial charge on any atom is 0.307 e. The Morgan fingerprint density at radius 3 is 2.38 bits per heavy atom. The molecule has 1 amide bonds. The number of ether oxygens (including phenoxy) is 1. The van der Waals surface area contributed by atoms with E-state index in [1.807, 2.05) is 12.1 Å². The summed E-state index contributed by atoms with van der Waals surface area (Å²) in [6, 6.07) is 13.9.